The molecule has 8 nitrogen and oxygen atoms in total. The highest BCUT2D eigenvalue weighted by Crippen LogP contribution is 2.26. The maximum Gasteiger partial charge on any atom is 0.322 e. The van der Waals surface area contributed by atoms with E-state index in [0.717, 1.165) is 24.2 Å². The highest BCUT2D eigenvalue weighted by atomic mass is 16.5. The topological polar surface area (TPSA) is 113 Å². The number of carboxylic acid groups (broad SMARTS) is 1. The highest BCUT2D eigenvalue weighted by Gasteiger charge is 2.40. The summed E-state index contributed by atoms with van der Waals surface area (Å²) in [6.45, 7) is -0.114. The molecule has 2 aliphatic rings. The van der Waals surface area contributed by atoms with E-state index < -0.39 is 36.0 Å². The third-order valence-electron chi connectivity index (χ3n) is 4.84. The summed E-state index contributed by atoms with van der Waals surface area (Å²) in [5.74, 6) is -3.86. The number of ketones is 1. The zero-order valence-electron chi connectivity index (χ0n) is 14.8. The van der Waals surface area contributed by atoms with Gasteiger partial charge in [0, 0.05) is 19.5 Å². The Bertz CT molecular complexity index is 741. The van der Waals surface area contributed by atoms with E-state index in [9.17, 15) is 19.2 Å². The fourth-order valence-electron chi connectivity index (χ4n) is 3.08. The Morgan fingerprint density at radius 3 is 2.48 bits per heavy atom. The molecule has 1 saturated heterocycles. The van der Waals surface area contributed by atoms with Crippen molar-refractivity contribution < 1.29 is 29.0 Å². The zero-order valence-corrected chi connectivity index (χ0v) is 14.8. The van der Waals surface area contributed by atoms with Gasteiger partial charge in [0.1, 0.15) is 12.3 Å². The van der Waals surface area contributed by atoms with Gasteiger partial charge in [-0.2, -0.15) is 0 Å². The molecule has 144 valence electrons. The molecular formula is C19H22N2O6. The van der Waals surface area contributed by atoms with E-state index in [1.165, 1.54) is 11.3 Å². The molecule has 1 aromatic rings. The van der Waals surface area contributed by atoms with E-state index in [4.69, 9.17) is 9.84 Å². The Morgan fingerprint density at radius 2 is 1.89 bits per heavy atom. The predicted octanol–water partition coefficient (Wildman–Crippen LogP) is 0.736. The molecule has 1 atom stereocenters. The number of nitrogens with one attached hydrogen (secondary N) is 1. The van der Waals surface area contributed by atoms with E-state index in [0.29, 0.717) is 0 Å². The number of carboxylic acids is 1. The SMILES string of the molecule is O=C(O)CNC(=O)C1C(=O)CCN(Cc2ccc(OC3CCC3)cc2)C1=O. The minimum absolute atomic E-state index is 0.0692. The number of Topliss-reactive ketones (excluding diaryl/α,β-unsaturated/α-hetero) is 1. The molecule has 0 aromatic heterocycles. The smallest absolute Gasteiger partial charge is 0.322 e. The summed E-state index contributed by atoms with van der Waals surface area (Å²) in [5.41, 5.74) is 0.864. The van der Waals surface area contributed by atoms with Crippen molar-refractivity contribution in [3.8, 4) is 5.75 Å². The van der Waals surface area contributed by atoms with Crippen LogP contribution in [0.5, 0.6) is 5.75 Å². The molecule has 3 rings (SSSR count). The summed E-state index contributed by atoms with van der Waals surface area (Å²) in [5, 5.41) is 10.7. The van der Waals surface area contributed by atoms with Gasteiger partial charge in [0.15, 0.2) is 11.7 Å². The average Bonchev–Trinajstić information content (AvgIpc) is 2.60. The lowest BCUT2D eigenvalue weighted by atomic mass is 9.94. The van der Waals surface area contributed by atoms with Crippen molar-refractivity contribution in [3.63, 3.8) is 0 Å². The number of nitrogens with zero attached hydrogens (tertiary/aromatic N) is 1. The largest absolute Gasteiger partial charge is 0.490 e. The number of hydrogen-bond donors (Lipinski definition) is 2. The Labute approximate surface area is 156 Å². The molecule has 27 heavy (non-hydrogen) atoms. The van der Waals surface area contributed by atoms with Crippen LogP contribution < -0.4 is 10.1 Å². The monoisotopic (exact) mass is 374 g/mol. The average molecular weight is 374 g/mol. The maximum absolute atomic E-state index is 12.6. The lowest BCUT2D eigenvalue weighted by Crippen LogP contribution is -2.52. The summed E-state index contributed by atoms with van der Waals surface area (Å²) in [7, 11) is 0. The molecule has 0 bridgehead atoms. The normalized spacial score (nSPS) is 20.1. The molecule has 8 heteroatoms. The van der Waals surface area contributed by atoms with Crippen LogP contribution in [0.3, 0.4) is 0 Å². The van der Waals surface area contributed by atoms with Gasteiger partial charge in [0.05, 0.1) is 6.10 Å². The Hall–Kier alpha value is -2.90. The molecule has 1 aliphatic heterocycles. The van der Waals surface area contributed by atoms with E-state index in [2.05, 4.69) is 5.32 Å². The van der Waals surface area contributed by atoms with Crippen molar-refractivity contribution in [2.24, 2.45) is 5.92 Å². The standard InChI is InChI=1S/C19H22N2O6/c22-15-8-9-21(19(26)17(15)18(25)20-10-16(23)24)11-12-4-6-14(7-5-12)27-13-2-1-3-13/h4-7,13,17H,1-3,8-11H2,(H,20,25)(H,23,24). The first-order valence-corrected chi connectivity index (χ1v) is 9.00. The van der Waals surface area contributed by atoms with Crippen LogP contribution in [-0.4, -0.2) is 52.8 Å². The van der Waals surface area contributed by atoms with Crippen LogP contribution in [0, 0.1) is 5.92 Å². The number of carbonyl (C=O) groups excluding carboxylic acids is 3. The molecule has 2 N–H and O–H groups in total. The van der Waals surface area contributed by atoms with Crippen molar-refractivity contribution in [1.29, 1.82) is 0 Å². The number of rotatable bonds is 7. The van der Waals surface area contributed by atoms with Crippen molar-refractivity contribution in [2.75, 3.05) is 13.1 Å². The van der Waals surface area contributed by atoms with E-state index in [1.807, 2.05) is 24.3 Å². The number of amides is 2. The second-order valence-corrected chi connectivity index (χ2v) is 6.84. The van der Waals surface area contributed by atoms with Gasteiger partial charge in [-0.1, -0.05) is 12.1 Å². The molecular weight excluding hydrogens is 352 g/mol. The van der Waals surface area contributed by atoms with Crippen molar-refractivity contribution in [2.45, 2.75) is 38.3 Å². The van der Waals surface area contributed by atoms with Crippen LogP contribution in [-0.2, 0) is 25.7 Å². The van der Waals surface area contributed by atoms with Crippen LogP contribution in [0.2, 0.25) is 0 Å². The zero-order chi connectivity index (χ0) is 19.4. The van der Waals surface area contributed by atoms with Crippen LogP contribution in [0.4, 0.5) is 0 Å². The molecule has 1 unspecified atom stereocenters. The third kappa shape index (κ3) is 4.64. The van der Waals surface area contributed by atoms with Gasteiger partial charge < -0.3 is 20.1 Å². The first-order chi connectivity index (χ1) is 12.9. The number of piperidine rings is 1. The van der Waals surface area contributed by atoms with Crippen LogP contribution in [0.25, 0.3) is 0 Å². The first-order valence-electron chi connectivity index (χ1n) is 9.00. The Kier molecular flexibility index (Phi) is 5.73. The molecule has 2 fully saturated rings. The predicted molar refractivity (Wildman–Crippen MR) is 93.9 cm³/mol. The number of ether oxygens (including phenoxy) is 1. The first kappa shape index (κ1) is 18.9. The van der Waals surface area contributed by atoms with E-state index in [1.54, 1.807) is 0 Å². The second-order valence-electron chi connectivity index (χ2n) is 6.84. The maximum atomic E-state index is 12.6. The molecule has 1 saturated carbocycles. The third-order valence-corrected chi connectivity index (χ3v) is 4.84. The fourth-order valence-corrected chi connectivity index (χ4v) is 3.08. The summed E-state index contributed by atoms with van der Waals surface area (Å²) in [6.07, 6.45) is 3.70. The minimum atomic E-state index is -1.47. The van der Waals surface area contributed by atoms with Crippen LogP contribution in [0.1, 0.15) is 31.2 Å². The molecule has 1 aromatic carbocycles. The number of likely N-dealkylation sites (tertiary alicyclic amines) is 1. The van der Waals surface area contributed by atoms with Gasteiger partial charge in [-0.3, -0.25) is 19.2 Å². The van der Waals surface area contributed by atoms with Crippen molar-refractivity contribution in [3.05, 3.63) is 29.8 Å². The van der Waals surface area contributed by atoms with Gasteiger partial charge >= 0.3 is 5.97 Å². The van der Waals surface area contributed by atoms with Gasteiger partial charge in [-0.25, -0.2) is 0 Å². The van der Waals surface area contributed by atoms with Crippen molar-refractivity contribution in [1.82, 2.24) is 10.2 Å². The van der Waals surface area contributed by atoms with Crippen molar-refractivity contribution >= 4 is 23.6 Å². The van der Waals surface area contributed by atoms with E-state index >= 15 is 0 Å². The van der Waals surface area contributed by atoms with Crippen LogP contribution in [0.15, 0.2) is 24.3 Å². The van der Waals surface area contributed by atoms with Gasteiger partial charge in [0.25, 0.3) is 0 Å². The summed E-state index contributed by atoms with van der Waals surface area (Å²) in [4.78, 5) is 48.6. The van der Waals surface area contributed by atoms with Gasteiger partial charge in [-0.05, 0) is 37.0 Å². The lowest BCUT2D eigenvalue weighted by molar-refractivity contribution is -0.152. The minimum Gasteiger partial charge on any atom is -0.490 e. The Balaban J connectivity index is 1.60. The molecule has 0 spiro atoms. The quantitative estimate of drug-likeness (QED) is 0.681. The number of benzene rings is 1. The highest BCUT2D eigenvalue weighted by molar-refractivity contribution is 6.19. The molecule has 2 amide bonds. The summed E-state index contributed by atoms with van der Waals surface area (Å²) >= 11 is 0. The summed E-state index contributed by atoms with van der Waals surface area (Å²) < 4.78 is 5.80. The lowest BCUT2D eigenvalue weighted by Gasteiger charge is -2.31. The van der Waals surface area contributed by atoms with Gasteiger partial charge in [-0.15, -0.1) is 0 Å². The molecule has 0 radical (unpaired) electrons. The Morgan fingerprint density at radius 1 is 1.19 bits per heavy atom. The molecule has 1 heterocycles. The fraction of sp³-hybridized carbons (Fsp3) is 0.474. The van der Waals surface area contributed by atoms with E-state index in [-0.39, 0.29) is 25.6 Å². The summed E-state index contributed by atoms with van der Waals surface area (Å²) in [6, 6.07) is 7.42. The second kappa shape index (κ2) is 8.20. The number of carbonyl (C=O) groups is 4. The molecule has 1 aliphatic carbocycles. The van der Waals surface area contributed by atoms with Gasteiger partial charge in [0.2, 0.25) is 11.8 Å². The van der Waals surface area contributed by atoms with Crippen LogP contribution >= 0.6 is 0 Å². The number of aliphatic carboxylic acids is 1. The number of hydrogen-bond acceptors (Lipinski definition) is 5.